The number of thioether (sulfide) groups is 1. The van der Waals surface area contributed by atoms with E-state index in [1.54, 1.807) is 0 Å². The fraction of sp³-hybridized carbons (Fsp3) is 0.190. The average Bonchev–Trinajstić information content (AvgIpc) is 2.99. The maximum absolute atomic E-state index is 13.3. The van der Waals surface area contributed by atoms with Gasteiger partial charge in [0.15, 0.2) is 0 Å². The van der Waals surface area contributed by atoms with Gasteiger partial charge >= 0.3 is 0 Å². The summed E-state index contributed by atoms with van der Waals surface area (Å²) in [6.45, 7) is 1.97. The van der Waals surface area contributed by atoms with Gasteiger partial charge in [0.1, 0.15) is 22.5 Å². The van der Waals surface area contributed by atoms with Crippen molar-refractivity contribution >= 4 is 29.3 Å². The van der Waals surface area contributed by atoms with Crippen molar-refractivity contribution in [3.8, 4) is 6.07 Å². The third kappa shape index (κ3) is 3.92. The van der Waals surface area contributed by atoms with Gasteiger partial charge in [-0.05, 0) is 43.2 Å². The molecule has 0 bridgehead atoms. The lowest BCUT2D eigenvalue weighted by Gasteiger charge is -2.18. The van der Waals surface area contributed by atoms with Crippen LogP contribution in [0, 0.1) is 24.1 Å². The molecule has 3 rings (SSSR count). The first kappa shape index (κ1) is 19.6. The van der Waals surface area contributed by atoms with E-state index in [2.05, 4.69) is 5.32 Å². The summed E-state index contributed by atoms with van der Waals surface area (Å²) in [7, 11) is 1.42. The largest absolute Gasteiger partial charge is 0.354 e. The number of hydrogen-bond donors (Lipinski definition) is 1. The number of carbonyl (C=O) groups is 2. The summed E-state index contributed by atoms with van der Waals surface area (Å²) < 4.78 is 13.3. The number of anilines is 1. The van der Waals surface area contributed by atoms with Crippen molar-refractivity contribution in [2.45, 2.75) is 18.6 Å². The van der Waals surface area contributed by atoms with E-state index >= 15 is 0 Å². The molecule has 1 aliphatic heterocycles. The van der Waals surface area contributed by atoms with Gasteiger partial charge < -0.3 is 5.32 Å². The van der Waals surface area contributed by atoms with Gasteiger partial charge in [-0.15, -0.1) is 0 Å². The van der Waals surface area contributed by atoms with Gasteiger partial charge in [-0.2, -0.15) is 5.26 Å². The zero-order chi connectivity index (χ0) is 20.3. The molecule has 1 aliphatic rings. The first-order valence-electron chi connectivity index (χ1n) is 8.62. The molecule has 0 spiro atoms. The zero-order valence-corrected chi connectivity index (χ0v) is 16.2. The molecule has 28 heavy (non-hydrogen) atoms. The van der Waals surface area contributed by atoms with Crippen molar-refractivity contribution in [2.75, 3.05) is 11.9 Å². The van der Waals surface area contributed by atoms with Crippen molar-refractivity contribution in [1.29, 1.82) is 5.26 Å². The van der Waals surface area contributed by atoms with Crippen LogP contribution in [0.15, 0.2) is 59.1 Å². The summed E-state index contributed by atoms with van der Waals surface area (Å²) in [5.74, 6) is -1.25. The summed E-state index contributed by atoms with van der Waals surface area (Å²) in [5, 5.41) is 11.7. The van der Waals surface area contributed by atoms with E-state index < -0.39 is 17.0 Å². The Labute approximate surface area is 166 Å². The first-order valence-corrected chi connectivity index (χ1v) is 9.50. The van der Waals surface area contributed by atoms with Crippen molar-refractivity contribution in [2.24, 2.45) is 0 Å². The molecule has 2 aromatic carbocycles. The van der Waals surface area contributed by atoms with E-state index in [4.69, 9.17) is 0 Å². The quantitative estimate of drug-likeness (QED) is 0.637. The van der Waals surface area contributed by atoms with Gasteiger partial charge in [0, 0.05) is 12.7 Å². The number of rotatable bonds is 4. The average molecular weight is 395 g/mol. The molecule has 2 aromatic rings. The Morgan fingerprint density at radius 3 is 2.61 bits per heavy atom. The van der Waals surface area contributed by atoms with Gasteiger partial charge in [-0.1, -0.05) is 41.6 Å². The van der Waals surface area contributed by atoms with Crippen molar-refractivity contribution in [3.05, 3.63) is 76.1 Å². The molecule has 0 saturated carbocycles. The second kappa shape index (κ2) is 8.28. The Hall–Kier alpha value is -3.11. The van der Waals surface area contributed by atoms with E-state index in [0.717, 1.165) is 11.1 Å². The highest BCUT2D eigenvalue weighted by Gasteiger charge is 2.40. The molecule has 0 unspecified atom stereocenters. The number of aryl methyl sites for hydroxylation is 1. The Balaban J connectivity index is 2.04. The fourth-order valence-electron chi connectivity index (χ4n) is 2.99. The lowest BCUT2D eigenvalue weighted by Crippen LogP contribution is -2.31. The molecule has 0 radical (unpaired) electrons. The van der Waals surface area contributed by atoms with E-state index in [1.807, 2.05) is 37.3 Å². The van der Waals surface area contributed by atoms with Gasteiger partial charge in [-0.25, -0.2) is 4.39 Å². The van der Waals surface area contributed by atoms with Gasteiger partial charge in [0.05, 0.1) is 5.25 Å². The molecule has 1 saturated heterocycles. The van der Waals surface area contributed by atoms with Crippen molar-refractivity contribution in [1.82, 2.24) is 5.32 Å². The molecular formula is C21H18FN3O2S. The number of hydrogen-bond acceptors (Lipinski definition) is 4. The van der Waals surface area contributed by atoms with E-state index in [9.17, 15) is 19.2 Å². The Morgan fingerprint density at radius 1 is 1.29 bits per heavy atom. The molecule has 5 nitrogen and oxygen atoms in total. The molecular weight excluding hydrogens is 377 g/mol. The predicted molar refractivity (Wildman–Crippen MR) is 107 cm³/mol. The van der Waals surface area contributed by atoms with Crippen LogP contribution < -0.4 is 10.2 Å². The topological polar surface area (TPSA) is 73.2 Å². The predicted octanol–water partition coefficient (Wildman–Crippen LogP) is 3.31. The number of amides is 2. The van der Waals surface area contributed by atoms with E-state index in [1.165, 1.54) is 48.0 Å². The first-order chi connectivity index (χ1) is 13.4. The van der Waals surface area contributed by atoms with Crippen LogP contribution in [-0.4, -0.2) is 24.1 Å². The van der Waals surface area contributed by atoms with E-state index in [-0.39, 0.29) is 16.5 Å². The molecule has 1 fully saturated rings. The number of likely N-dealkylation sites (N-methyl/N-ethyl adjacent to an activating group) is 1. The molecule has 0 aromatic heterocycles. The summed E-state index contributed by atoms with van der Waals surface area (Å²) in [5.41, 5.74) is 2.35. The number of halogens is 1. The zero-order valence-electron chi connectivity index (χ0n) is 15.4. The van der Waals surface area contributed by atoms with Crippen LogP contribution in [0.25, 0.3) is 0 Å². The van der Waals surface area contributed by atoms with Crippen molar-refractivity contribution < 1.29 is 14.0 Å². The summed E-state index contributed by atoms with van der Waals surface area (Å²) in [6.07, 6.45) is 0.457. The van der Waals surface area contributed by atoms with Gasteiger partial charge in [0.25, 0.3) is 5.91 Å². The normalized spacial score (nSPS) is 18.0. The number of carbonyl (C=O) groups excluding carboxylic acids is 2. The SMILES string of the molecule is CNC(=O)/C(C#N)=C1\S[C@@H](Cc2cccc(C)c2)C(=O)N1c1ccc(F)cc1. The summed E-state index contributed by atoms with van der Waals surface area (Å²) in [6, 6.07) is 15.1. The third-order valence-corrected chi connectivity index (χ3v) is 5.58. The van der Waals surface area contributed by atoms with Gasteiger partial charge in [-0.3, -0.25) is 14.5 Å². The van der Waals surface area contributed by atoms with Crippen molar-refractivity contribution in [3.63, 3.8) is 0 Å². The van der Waals surface area contributed by atoms with Crippen LogP contribution in [0.1, 0.15) is 11.1 Å². The van der Waals surface area contributed by atoms with Crippen LogP contribution in [-0.2, 0) is 16.0 Å². The second-order valence-corrected chi connectivity index (χ2v) is 7.51. The van der Waals surface area contributed by atoms with Crippen LogP contribution in [0.4, 0.5) is 10.1 Å². The number of nitrogens with one attached hydrogen (secondary N) is 1. The Kier molecular flexibility index (Phi) is 5.81. The van der Waals surface area contributed by atoms with Gasteiger partial charge in [0.2, 0.25) is 5.91 Å². The maximum atomic E-state index is 13.3. The van der Waals surface area contributed by atoms with E-state index in [0.29, 0.717) is 12.1 Å². The lowest BCUT2D eigenvalue weighted by atomic mass is 10.1. The smallest absolute Gasteiger partial charge is 0.264 e. The monoisotopic (exact) mass is 395 g/mol. The molecule has 142 valence electrons. The Bertz CT molecular complexity index is 995. The maximum Gasteiger partial charge on any atom is 0.264 e. The standard InChI is InChI=1S/C21H18FN3O2S/c1-13-4-3-5-14(10-13)11-18-20(27)25(16-8-6-15(22)7-9-16)21(28-18)17(12-23)19(26)24-2/h3-10,18H,11H2,1-2H3,(H,24,26)/b21-17-/t18-/m0/s1. The minimum absolute atomic E-state index is 0.142. The summed E-state index contributed by atoms with van der Waals surface area (Å²) >= 11 is 1.18. The molecule has 1 N–H and O–H groups in total. The van der Waals surface area contributed by atoms with Crippen LogP contribution in [0.3, 0.4) is 0 Å². The molecule has 1 atom stereocenters. The molecule has 7 heteroatoms. The Morgan fingerprint density at radius 2 is 2.00 bits per heavy atom. The molecule has 0 aliphatic carbocycles. The molecule has 2 amide bonds. The number of benzene rings is 2. The molecule has 1 heterocycles. The number of nitriles is 1. The summed E-state index contributed by atoms with van der Waals surface area (Å²) in [4.78, 5) is 26.7. The fourth-order valence-corrected chi connectivity index (χ4v) is 4.30. The highest BCUT2D eigenvalue weighted by molar-refractivity contribution is 8.05. The minimum atomic E-state index is -0.568. The lowest BCUT2D eigenvalue weighted by molar-refractivity contribution is -0.117. The van der Waals surface area contributed by atoms with Crippen LogP contribution in [0.2, 0.25) is 0 Å². The van der Waals surface area contributed by atoms with Crippen LogP contribution >= 0.6 is 11.8 Å². The number of nitrogens with zero attached hydrogens (tertiary/aromatic N) is 2. The highest BCUT2D eigenvalue weighted by Crippen LogP contribution is 2.41. The third-order valence-electron chi connectivity index (χ3n) is 4.32. The highest BCUT2D eigenvalue weighted by atomic mass is 32.2. The second-order valence-electron chi connectivity index (χ2n) is 6.32. The van der Waals surface area contributed by atoms with Crippen LogP contribution in [0.5, 0.6) is 0 Å². The minimum Gasteiger partial charge on any atom is -0.354 e.